The Morgan fingerprint density at radius 1 is 1.17 bits per heavy atom. The molecule has 0 spiro atoms. The second kappa shape index (κ2) is 5.89. The van der Waals surface area contributed by atoms with Crippen LogP contribution in [0.5, 0.6) is 0 Å². The minimum absolute atomic E-state index is 0.147. The predicted molar refractivity (Wildman–Crippen MR) is 82.9 cm³/mol. The van der Waals surface area contributed by atoms with Gasteiger partial charge in [0.25, 0.3) is 0 Å². The zero-order chi connectivity index (χ0) is 13.4. The molecule has 0 amide bonds. The summed E-state index contributed by atoms with van der Waals surface area (Å²) in [5, 5.41) is 10.6. The maximum absolute atomic E-state index is 13.8. The fraction of sp³-hybridized carbons (Fsp3) is 0.0909. The Morgan fingerprint density at radius 3 is 2.39 bits per heavy atom. The number of hydrogen-bond acceptors (Lipinski definition) is 2. The molecule has 1 N–H and O–H groups in total. The number of hydrogen-bond donors (Lipinski definition) is 1. The quantitative estimate of drug-likeness (QED) is 0.531. The van der Waals surface area contributed by atoms with Gasteiger partial charge in [0.1, 0.15) is 11.9 Å². The van der Waals surface area contributed by atoms with E-state index in [-0.39, 0.29) is 5.56 Å². The van der Waals surface area contributed by atoms with E-state index < -0.39 is 11.9 Å². The van der Waals surface area contributed by atoms with Crippen molar-refractivity contribution in [3.63, 3.8) is 0 Å². The van der Waals surface area contributed by atoms with E-state index >= 15 is 0 Å². The van der Waals surface area contributed by atoms with Crippen LogP contribution in [0.25, 0.3) is 0 Å². The fourth-order valence-electron chi connectivity index (χ4n) is 1.45. The summed E-state index contributed by atoms with van der Waals surface area (Å²) in [6.07, 6.45) is -1.06. The van der Waals surface area contributed by atoms with E-state index in [4.69, 9.17) is 11.6 Å². The number of aliphatic hydroxyl groups is 1. The van der Waals surface area contributed by atoms with Crippen LogP contribution in [-0.4, -0.2) is 5.11 Å². The molecule has 96 valence electrons. The van der Waals surface area contributed by atoms with Crippen LogP contribution < -0.4 is 0 Å². The average molecular weight is 479 g/mol. The molecule has 0 aliphatic rings. The second-order valence-corrected chi connectivity index (χ2v) is 8.48. The van der Waals surface area contributed by atoms with Crippen molar-refractivity contribution in [2.24, 2.45) is 0 Å². The van der Waals surface area contributed by atoms with Crippen molar-refractivity contribution in [1.29, 1.82) is 0 Å². The molecule has 1 nitrogen and oxygen atoms in total. The lowest BCUT2D eigenvalue weighted by Crippen LogP contribution is -2.02. The van der Waals surface area contributed by atoms with Crippen molar-refractivity contribution in [3.05, 3.63) is 52.2 Å². The van der Waals surface area contributed by atoms with Gasteiger partial charge in [-0.05, 0) is 66.0 Å². The van der Waals surface area contributed by atoms with Crippen molar-refractivity contribution in [2.75, 3.05) is 0 Å². The molecule has 1 atom stereocenters. The van der Waals surface area contributed by atoms with E-state index in [0.29, 0.717) is 15.1 Å². The first-order valence-electron chi connectivity index (χ1n) is 4.67. The number of rotatable bonds is 2. The zero-order valence-corrected chi connectivity index (χ0v) is 14.9. The van der Waals surface area contributed by atoms with Gasteiger partial charge in [-0.3, -0.25) is 0 Å². The lowest BCUT2D eigenvalue weighted by atomic mass is 10.0. The molecule has 0 saturated heterocycles. The molecule has 1 heterocycles. The molecule has 0 aliphatic carbocycles. The summed E-state index contributed by atoms with van der Waals surface area (Å²) < 4.78 is 15.9. The molecular weight excluding hydrogens is 474 g/mol. The summed E-state index contributed by atoms with van der Waals surface area (Å²) in [6.45, 7) is 0. The van der Waals surface area contributed by atoms with Gasteiger partial charge in [0.05, 0.1) is 12.6 Å². The summed E-state index contributed by atoms with van der Waals surface area (Å²) in [5.74, 6) is -0.506. The Balaban J connectivity index is 2.49. The van der Waals surface area contributed by atoms with Crippen molar-refractivity contribution in [3.8, 4) is 0 Å². The van der Waals surface area contributed by atoms with E-state index in [1.807, 2.05) is 0 Å². The number of thiophene rings is 1. The van der Waals surface area contributed by atoms with Crippen LogP contribution >= 0.6 is 70.7 Å². The van der Waals surface area contributed by atoms with Crippen molar-refractivity contribution < 1.29 is 9.50 Å². The Labute approximate surface area is 137 Å². The molecule has 0 aliphatic heterocycles. The second-order valence-electron chi connectivity index (χ2n) is 3.47. The highest BCUT2D eigenvalue weighted by Crippen LogP contribution is 2.39. The molecule has 0 fully saturated rings. The van der Waals surface area contributed by atoms with Gasteiger partial charge in [0.2, 0.25) is 0 Å². The lowest BCUT2D eigenvalue weighted by Gasteiger charge is -2.12. The third kappa shape index (κ3) is 2.99. The maximum atomic E-state index is 13.8. The van der Waals surface area contributed by atoms with Gasteiger partial charge >= 0.3 is 0 Å². The third-order valence-corrected chi connectivity index (χ3v) is 5.89. The van der Waals surface area contributed by atoms with Crippen LogP contribution in [0.1, 0.15) is 17.2 Å². The lowest BCUT2D eigenvalue weighted by molar-refractivity contribution is 0.214. The maximum Gasteiger partial charge on any atom is 0.130 e. The van der Waals surface area contributed by atoms with Crippen LogP contribution in [0, 0.1) is 5.82 Å². The molecule has 0 bridgehead atoms. The van der Waals surface area contributed by atoms with Crippen LogP contribution in [0.3, 0.4) is 0 Å². The van der Waals surface area contributed by atoms with Gasteiger partial charge in [-0.25, -0.2) is 4.39 Å². The van der Waals surface area contributed by atoms with Gasteiger partial charge < -0.3 is 5.11 Å². The van der Waals surface area contributed by atoms with Crippen molar-refractivity contribution >= 4 is 70.7 Å². The summed E-state index contributed by atoms with van der Waals surface area (Å²) in [5.41, 5.74) is 0.748. The summed E-state index contributed by atoms with van der Waals surface area (Å²) >= 11 is 17.1. The minimum Gasteiger partial charge on any atom is -0.383 e. The molecule has 1 unspecified atom stereocenters. The first kappa shape index (κ1) is 14.9. The smallest absolute Gasteiger partial charge is 0.130 e. The third-order valence-electron chi connectivity index (χ3n) is 2.31. The van der Waals surface area contributed by atoms with Gasteiger partial charge in [-0.15, -0.1) is 11.3 Å². The van der Waals surface area contributed by atoms with Crippen LogP contribution in [0.2, 0.25) is 5.02 Å². The molecule has 1 aromatic carbocycles. The predicted octanol–water partition coefficient (Wildman–Crippen LogP) is 5.91. The van der Waals surface area contributed by atoms with Gasteiger partial charge in [0, 0.05) is 15.6 Å². The highest BCUT2D eigenvalue weighted by molar-refractivity contribution is 9.12. The minimum atomic E-state index is -1.06. The van der Waals surface area contributed by atoms with Gasteiger partial charge in [-0.1, -0.05) is 11.6 Å². The molecular formula is C11H5Br3ClFOS. The van der Waals surface area contributed by atoms with E-state index in [9.17, 15) is 9.50 Å². The van der Waals surface area contributed by atoms with E-state index in [1.165, 1.54) is 23.5 Å². The number of aliphatic hydroxyl groups excluding tert-OH is 1. The summed E-state index contributed by atoms with van der Waals surface area (Å²) in [7, 11) is 0. The van der Waals surface area contributed by atoms with Gasteiger partial charge in [0.15, 0.2) is 0 Å². The van der Waals surface area contributed by atoms with Crippen LogP contribution in [0.15, 0.2) is 30.2 Å². The molecule has 2 rings (SSSR count). The normalized spacial score (nSPS) is 12.8. The Morgan fingerprint density at radius 2 is 1.83 bits per heavy atom. The monoisotopic (exact) mass is 476 g/mol. The number of halogens is 5. The highest BCUT2D eigenvalue weighted by atomic mass is 79.9. The summed E-state index contributed by atoms with van der Waals surface area (Å²) in [4.78, 5) is 0. The first-order chi connectivity index (χ1) is 8.40. The van der Waals surface area contributed by atoms with Gasteiger partial charge in [-0.2, -0.15) is 0 Å². The van der Waals surface area contributed by atoms with E-state index in [1.54, 1.807) is 6.07 Å². The largest absolute Gasteiger partial charge is 0.383 e. The standard InChI is InChI=1S/C11H5Br3ClFOS/c12-6-3-8(16)4(1-7(6)15)10(17)5-2-9(13)18-11(5)14/h1-3,10,17H. The molecule has 0 saturated carbocycles. The topological polar surface area (TPSA) is 20.2 Å². The Hall–Kier alpha value is 0.540. The Kier molecular flexibility index (Phi) is 4.89. The molecule has 18 heavy (non-hydrogen) atoms. The zero-order valence-electron chi connectivity index (χ0n) is 8.55. The SMILES string of the molecule is OC(c1cc(Cl)c(Br)cc1F)c1cc(Br)sc1Br. The number of benzene rings is 1. The van der Waals surface area contributed by atoms with E-state index in [2.05, 4.69) is 47.8 Å². The molecule has 7 heteroatoms. The fourth-order valence-corrected chi connectivity index (χ4v) is 4.83. The highest BCUT2D eigenvalue weighted by Gasteiger charge is 2.21. The van der Waals surface area contributed by atoms with Crippen molar-refractivity contribution in [2.45, 2.75) is 6.10 Å². The molecule has 1 aromatic heterocycles. The van der Waals surface area contributed by atoms with E-state index in [0.717, 1.165) is 7.57 Å². The Bertz CT molecular complexity index is 602. The summed E-state index contributed by atoms with van der Waals surface area (Å²) in [6, 6.07) is 4.41. The first-order valence-corrected chi connectivity index (χ1v) is 8.24. The average Bonchev–Trinajstić information content (AvgIpc) is 2.62. The molecule has 0 radical (unpaired) electrons. The van der Waals surface area contributed by atoms with Crippen LogP contribution in [0.4, 0.5) is 4.39 Å². The van der Waals surface area contributed by atoms with Crippen LogP contribution in [-0.2, 0) is 0 Å². The van der Waals surface area contributed by atoms with Crippen molar-refractivity contribution in [1.82, 2.24) is 0 Å². The molecule has 2 aromatic rings.